The number of hydrogen-bond donors (Lipinski definition) is 3. The first-order valence-corrected chi connectivity index (χ1v) is 7.64. The molecule has 0 spiro atoms. The van der Waals surface area contributed by atoms with Crippen LogP contribution in [0, 0.1) is 0 Å². The summed E-state index contributed by atoms with van der Waals surface area (Å²) in [6.07, 6.45) is 0.948. The number of carbonyl (C=O) groups excluding carboxylic acids is 2. The highest BCUT2D eigenvalue weighted by Gasteiger charge is 2.12. The number of para-hydroxylation sites is 2. The van der Waals surface area contributed by atoms with Crippen molar-refractivity contribution in [3.8, 4) is 0 Å². The molecule has 0 aliphatic rings. The lowest BCUT2D eigenvalue weighted by atomic mass is 10.2. The van der Waals surface area contributed by atoms with Crippen LogP contribution in [-0.4, -0.2) is 18.4 Å². The van der Waals surface area contributed by atoms with Crippen molar-refractivity contribution in [2.45, 2.75) is 12.8 Å². The van der Waals surface area contributed by atoms with Gasteiger partial charge >= 0.3 is 0 Å². The van der Waals surface area contributed by atoms with Gasteiger partial charge in [-0.25, -0.2) is 0 Å². The molecule has 0 radical (unpaired) electrons. The van der Waals surface area contributed by atoms with Gasteiger partial charge < -0.3 is 16.4 Å². The van der Waals surface area contributed by atoms with Crippen LogP contribution >= 0.6 is 11.6 Å². The minimum Gasteiger partial charge on any atom is -0.330 e. The summed E-state index contributed by atoms with van der Waals surface area (Å²) >= 11 is 6.02. The summed E-state index contributed by atoms with van der Waals surface area (Å²) in [5, 5.41) is 5.91. The quantitative estimate of drug-likeness (QED) is 0.759. The lowest BCUT2D eigenvalue weighted by Gasteiger charge is -2.12. The van der Waals surface area contributed by atoms with E-state index in [-0.39, 0.29) is 11.8 Å². The maximum absolute atomic E-state index is 12.3. The molecule has 5 nitrogen and oxygen atoms in total. The number of carbonyl (C=O) groups is 2. The highest BCUT2D eigenvalue weighted by atomic mass is 35.5. The fraction of sp³-hybridized carbons (Fsp3) is 0.176. The van der Waals surface area contributed by atoms with E-state index in [0.717, 1.165) is 0 Å². The van der Waals surface area contributed by atoms with Gasteiger partial charge in [0.1, 0.15) is 0 Å². The first kappa shape index (κ1) is 17.0. The van der Waals surface area contributed by atoms with Crippen molar-refractivity contribution in [3.05, 3.63) is 59.1 Å². The average Bonchev–Trinajstić information content (AvgIpc) is 2.55. The van der Waals surface area contributed by atoms with Gasteiger partial charge in [0, 0.05) is 6.42 Å². The Morgan fingerprint density at radius 2 is 1.57 bits per heavy atom. The molecule has 120 valence electrons. The summed E-state index contributed by atoms with van der Waals surface area (Å²) in [5.41, 5.74) is 6.82. The Kier molecular flexibility index (Phi) is 6.14. The fourth-order valence-corrected chi connectivity index (χ4v) is 2.23. The van der Waals surface area contributed by atoms with Gasteiger partial charge in [-0.15, -0.1) is 0 Å². The Morgan fingerprint density at radius 1 is 0.957 bits per heavy atom. The monoisotopic (exact) mass is 331 g/mol. The van der Waals surface area contributed by atoms with Gasteiger partial charge in [-0.2, -0.15) is 0 Å². The normalized spacial score (nSPS) is 10.2. The van der Waals surface area contributed by atoms with Crippen molar-refractivity contribution in [1.29, 1.82) is 0 Å². The van der Waals surface area contributed by atoms with Crippen molar-refractivity contribution in [3.63, 3.8) is 0 Å². The molecule has 0 bridgehead atoms. The summed E-state index contributed by atoms with van der Waals surface area (Å²) in [6, 6.07) is 13.8. The van der Waals surface area contributed by atoms with E-state index in [4.69, 9.17) is 17.3 Å². The molecule has 0 saturated carbocycles. The Hall–Kier alpha value is -2.37. The van der Waals surface area contributed by atoms with E-state index < -0.39 is 0 Å². The molecule has 0 atom stereocenters. The van der Waals surface area contributed by atoms with Crippen LogP contribution in [0.2, 0.25) is 5.02 Å². The highest BCUT2D eigenvalue weighted by molar-refractivity contribution is 6.34. The number of halogens is 1. The smallest absolute Gasteiger partial charge is 0.257 e. The van der Waals surface area contributed by atoms with E-state index >= 15 is 0 Å². The second kappa shape index (κ2) is 8.31. The third kappa shape index (κ3) is 4.81. The predicted octanol–water partition coefficient (Wildman–Crippen LogP) is 3.27. The van der Waals surface area contributed by atoms with Crippen molar-refractivity contribution < 1.29 is 9.59 Å². The maximum atomic E-state index is 12.3. The molecule has 6 heteroatoms. The molecular formula is C17H18ClN3O2. The standard InChI is InChI=1S/C17H18ClN3O2/c18-13-7-2-1-6-12(13)17(23)21-15-9-4-3-8-14(15)20-16(22)10-5-11-19/h1-4,6-9H,5,10-11,19H2,(H,20,22)(H,21,23). The van der Waals surface area contributed by atoms with E-state index in [0.29, 0.717) is 41.3 Å². The number of rotatable bonds is 6. The van der Waals surface area contributed by atoms with Crippen LogP contribution in [0.1, 0.15) is 23.2 Å². The minimum absolute atomic E-state index is 0.144. The molecule has 0 fully saturated rings. The first-order chi connectivity index (χ1) is 11.1. The summed E-state index contributed by atoms with van der Waals surface area (Å²) in [4.78, 5) is 24.2. The van der Waals surface area contributed by atoms with Crippen molar-refractivity contribution >= 4 is 34.8 Å². The average molecular weight is 332 g/mol. The largest absolute Gasteiger partial charge is 0.330 e. The zero-order valence-electron chi connectivity index (χ0n) is 12.5. The summed E-state index contributed by atoms with van der Waals surface area (Å²) in [6.45, 7) is 0.457. The molecule has 2 amide bonds. The van der Waals surface area contributed by atoms with Crippen molar-refractivity contribution in [1.82, 2.24) is 0 Å². The maximum Gasteiger partial charge on any atom is 0.257 e. The number of nitrogens with one attached hydrogen (secondary N) is 2. The van der Waals surface area contributed by atoms with Crippen LogP contribution in [0.4, 0.5) is 11.4 Å². The second-order valence-electron chi connectivity index (χ2n) is 4.92. The molecule has 0 saturated heterocycles. The van der Waals surface area contributed by atoms with Crippen molar-refractivity contribution in [2.24, 2.45) is 5.73 Å². The Morgan fingerprint density at radius 3 is 2.22 bits per heavy atom. The van der Waals surface area contributed by atoms with Gasteiger partial charge in [0.2, 0.25) is 5.91 Å². The molecule has 2 aromatic carbocycles. The fourth-order valence-electron chi connectivity index (χ4n) is 2.01. The van der Waals surface area contributed by atoms with E-state index in [9.17, 15) is 9.59 Å². The Balaban J connectivity index is 2.13. The molecule has 0 aliphatic heterocycles. The minimum atomic E-state index is -0.334. The number of nitrogens with two attached hydrogens (primary N) is 1. The molecular weight excluding hydrogens is 314 g/mol. The summed E-state index contributed by atoms with van der Waals surface area (Å²) in [5.74, 6) is -0.478. The zero-order valence-corrected chi connectivity index (χ0v) is 13.3. The molecule has 0 unspecified atom stereocenters. The van der Waals surface area contributed by atoms with Gasteiger partial charge in [0.05, 0.1) is 22.0 Å². The Labute approximate surface area is 139 Å². The van der Waals surface area contributed by atoms with Crippen molar-refractivity contribution in [2.75, 3.05) is 17.2 Å². The zero-order chi connectivity index (χ0) is 16.7. The van der Waals surface area contributed by atoms with Gasteiger partial charge in [0.15, 0.2) is 0 Å². The lowest BCUT2D eigenvalue weighted by Crippen LogP contribution is -2.17. The molecule has 2 aromatic rings. The molecule has 0 aromatic heterocycles. The first-order valence-electron chi connectivity index (χ1n) is 7.26. The van der Waals surface area contributed by atoms with Crippen LogP contribution in [0.15, 0.2) is 48.5 Å². The summed E-state index contributed by atoms with van der Waals surface area (Å²) in [7, 11) is 0. The number of amides is 2. The van der Waals surface area contributed by atoms with Crippen LogP contribution in [0.5, 0.6) is 0 Å². The number of hydrogen-bond acceptors (Lipinski definition) is 3. The van der Waals surface area contributed by atoms with Gasteiger partial charge in [-0.3, -0.25) is 9.59 Å². The van der Waals surface area contributed by atoms with E-state index in [1.54, 1.807) is 48.5 Å². The van der Waals surface area contributed by atoms with E-state index in [1.165, 1.54) is 0 Å². The van der Waals surface area contributed by atoms with Crippen LogP contribution < -0.4 is 16.4 Å². The van der Waals surface area contributed by atoms with Crippen LogP contribution in [0.25, 0.3) is 0 Å². The molecule has 0 aliphatic carbocycles. The SMILES string of the molecule is NCCCC(=O)Nc1ccccc1NC(=O)c1ccccc1Cl. The number of benzene rings is 2. The third-order valence-corrected chi connectivity index (χ3v) is 3.51. The Bertz CT molecular complexity index is 704. The van der Waals surface area contributed by atoms with Crippen LogP contribution in [0.3, 0.4) is 0 Å². The summed E-state index contributed by atoms with van der Waals surface area (Å²) < 4.78 is 0. The van der Waals surface area contributed by atoms with Gasteiger partial charge in [-0.05, 0) is 37.2 Å². The van der Waals surface area contributed by atoms with Crippen LogP contribution in [-0.2, 0) is 4.79 Å². The van der Waals surface area contributed by atoms with E-state index in [2.05, 4.69) is 10.6 Å². The number of anilines is 2. The van der Waals surface area contributed by atoms with E-state index in [1.807, 2.05) is 0 Å². The lowest BCUT2D eigenvalue weighted by molar-refractivity contribution is -0.116. The molecule has 0 heterocycles. The highest BCUT2D eigenvalue weighted by Crippen LogP contribution is 2.23. The molecule has 2 rings (SSSR count). The van der Waals surface area contributed by atoms with Gasteiger partial charge in [-0.1, -0.05) is 35.9 Å². The molecule has 4 N–H and O–H groups in total. The van der Waals surface area contributed by atoms with Gasteiger partial charge in [0.25, 0.3) is 5.91 Å². The molecule has 23 heavy (non-hydrogen) atoms. The second-order valence-corrected chi connectivity index (χ2v) is 5.33. The third-order valence-electron chi connectivity index (χ3n) is 3.18. The topological polar surface area (TPSA) is 84.2 Å². The predicted molar refractivity (Wildman–Crippen MR) is 92.8 cm³/mol.